The predicted molar refractivity (Wildman–Crippen MR) is 93.1 cm³/mol. The lowest BCUT2D eigenvalue weighted by atomic mass is 10.1. The lowest BCUT2D eigenvalue weighted by molar-refractivity contribution is 0.0936. The summed E-state index contributed by atoms with van der Waals surface area (Å²) in [4.78, 5) is 24.1. The molecular formula is C18H17ClN2O3. The summed E-state index contributed by atoms with van der Waals surface area (Å²) in [6.07, 6.45) is 1.40. The zero-order chi connectivity index (χ0) is 17.5. The second kappa shape index (κ2) is 8.17. The fraction of sp³-hybridized carbons (Fsp3) is 0.111. The molecule has 0 radical (unpaired) electrons. The fourth-order valence-electron chi connectivity index (χ4n) is 1.93. The summed E-state index contributed by atoms with van der Waals surface area (Å²) in [6.45, 7) is 1.68. The van der Waals surface area contributed by atoms with Gasteiger partial charge in [0.15, 0.2) is 5.78 Å². The Morgan fingerprint density at radius 3 is 2.38 bits per heavy atom. The van der Waals surface area contributed by atoms with Crippen LogP contribution in [0.5, 0.6) is 5.75 Å². The number of nitrogens with one attached hydrogen (secondary N) is 2. The number of amides is 1. The number of hydrazine groups is 1. The summed E-state index contributed by atoms with van der Waals surface area (Å²) in [5, 5.41) is 0.476. The number of halogens is 1. The zero-order valence-electron chi connectivity index (χ0n) is 13.3. The molecule has 0 fully saturated rings. The third-order valence-electron chi connectivity index (χ3n) is 3.18. The first-order valence-corrected chi connectivity index (χ1v) is 7.56. The number of allylic oxidation sites excluding steroid dienone is 2. The van der Waals surface area contributed by atoms with Crippen LogP contribution in [0.3, 0.4) is 0 Å². The maximum atomic E-state index is 12.1. The van der Waals surface area contributed by atoms with E-state index in [9.17, 15) is 9.59 Å². The highest BCUT2D eigenvalue weighted by molar-refractivity contribution is 6.30. The van der Waals surface area contributed by atoms with Gasteiger partial charge in [-0.1, -0.05) is 17.7 Å². The smallest absolute Gasteiger partial charge is 0.269 e. The van der Waals surface area contributed by atoms with E-state index in [1.165, 1.54) is 6.08 Å². The maximum absolute atomic E-state index is 12.1. The Hall–Kier alpha value is -2.79. The van der Waals surface area contributed by atoms with Crippen molar-refractivity contribution in [1.82, 2.24) is 10.9 Å². The van der Waals surface area contributed by atoms with Gasteiger partial charge in [0.25, 0.3) is 5.91 Å². The highest BCUT2D eigenvalue weighted by atomic mass is 35.5. The molecule has 0 bridgehead atoms. The summed E-state index contributed by atoms with van der Waals surface area (Å²) in [7, 11) is 1.56. The van der Waals surface area contributed by atoms with Crippen LogP contribution in [-0.4, -0.2) is 18.8 Å². The number of methoxy groups -OCH3 is 1. The normalized spacial score (nSPS) is 10.9. The van der Waals surface area contributed by atoms with E-state index in [0.717, 1.165) is 0 Å². The summed E-state index contributed by atoms with van der Waals surface area (Å²) < 4.78 is 5.05. The lowest BCUT2D eigenvalue weighted by Crippen LogP contribution is -2.36. The van der Waals surface area contributed by atoms with E-state index >= 15 is 0 Å². The van der Waals surface area contributed by atoms with Gasteiger partial charge in [0, 0.05) is 27.9 Å². The molecule has 124 valence electrons. The van der Waals surface area contributed by atoms with Gasteiger partial charge < -0.3 is 10.2 Å². The van der Waals surface area contributed by atoms with E-state index < -0.39 is 0 Å². The first kappa shape index (κ1) is 17.6. The molecule has 1 amide bonds. The van der Waals surface area contributed by atoms with E-state index in [2.05, 4.69) is 10.9 Å². The van der Waals surface area contributed by atoms with Gasteiger partial charge >= 0.3 is 0 Å². The standard InChI is InChI=1S/C18H17ClN2O3/c1-12(10-17(22)13-6-8-16(24-2)9-7-13)20-21-18(23)14-4-3-5-15(19)11-14/h3-11,20H,1-2H3,(H,21,23). The van der Waals surface area contributed by atoms with Crippen molar-refractivity contribution >= 4 is 23.3 Å². The third kappa shape index (κ3) is 4.86. The molecule has 2 N–H and O–H groups in total. The number of hydrogen-bond acceptors (Lipinski definition) is 4. The second-order valence-corrected chi connectivity index (χ2v) is 5.45. The van der Waals surface area contributed by atoms with Gasteiger partial charge in [0.2, 0.25) is 0 Å². The number of hydrogen-bond donors (Lipinski definition) is 2. The minimum atomic E-state index is -0.345. The molecule has 6 heteroatoms. The average molecular weight is 345 g/mol. The first-order chi connectivity index (χ1) is 11.5. The molecule has 0 saturated carbocycles. The van der Waals surface area contributed by atoms with Crippen LogP contribution in [0.25, 0.3) is 0 Å². The van der Waals surface area contributed by atoms with Crippen LogP contribution in [-0.2, 0) is 0 Å². The van der Waals surface area contributed by atoms with Crippen LogP contribution in [0.2, 0.25) is 5.02 Å². The number of ether oxygens (including phenoxy) is 1. The minimum Gasteiger partial charge on any atom is -0.497 e. The van der Waals surface area contributed by atoms with Crippen LogP contribution in [0.15, 0.2) is 60.3 Å². The molecule has 0 spiro atoms. The Kier molecular flexibility index (Phi) is 5.98. The van der Waals surface area contributed by atoms with Crippen LogP contribution in [0.1, 0.15) is 27.6 Å². The van der Waals surface area contributed by atoms with Gasteiger partial charge in [0.1, 0.15) is 5.75 Å². The highest BCUT2D eigenvalue weighted by Gasteiger charge is 2.07. The van der Waals surface area contributed by atoms with Crippen LogP contribution >= 0.6 is 11.6 Å². The summed E-state index contributed by atoms with van der Waals surface area (Å²) >= 11 is 5.84. The lowest BCUT2D eigenvalue weighted by Gasteiger charge is -2.09. The van der Waals surface area contributed by atoms with Gasteiger partial charge in [0.05, 0.1) is 7.11 Å². The Bertz CT molecular complexity index is 770. The quantitative estimate of drug-likeness (QED) is 0.479. The molecule has 2 rings (SSSR count). The van der Waals surface area contributed by atoms with Crippen LogP contribution < -0.4 is 15.6 Å². The number of benzene rings is 2. The molecule has 0 atom stereocenters. The Labute approximate surface area is 145 Å². The highest BCUT2D eigenvalue weighted by Crippen LogP contribution is 2.12. The number of ketones is 1. The Balaban J connectivity index is 1.95. The van der Waals surface area contributed by atoms with Crippen molar-refractivity contribution in [3.63, 3.8) is 0 Å². The van der Waals surface area contributed by atoms with Crippen molar-refractivity contribution in [2.24, 2.45) is 0 Å². The molecule has 2 aromatic carbocycles. The monoisotopic (exact) mass is 344 g/mol. The van der Waals surface area contributed by atoms with Gasteiger partial charge in [-0.2, -0.15) is 0 Å². The van der Waals surface area contributed by atoms with Crippen molar-refractivity contribution < 1.29 is 14.3 Å². The molecule has 0 heterocycles. The topological polar surface area (TPSA) is 67.4 Å². The Morgan fingerprint density at radius 1 is 1.04 bits per heavy atom. The molecule has 0 aliphatic heterocycles. The number of rotatable bonds is 6. The van der Waals surface area contributed by atoms with Crippen molar-refractivity contribution in [3.8, 4) is 5.75 Å². The first-order valence-electron chi connectivity index (χ1n) is 7.18. The van der Waals surface area contributed by atoms with Crippen molar-refractivity contribution in [3.05, 3.63) is 76.5 Å². The summed E-state index contributed by atoms with van der Waals surface area (Å²) in [6, 6.07) is 13.3. The van der Waals surface area contributed by atoms with Crippen LogP contribution in [0.4, 0.5) is 0 Å². The van der Waals surface area contributed by atoms with Crippen molar-refractivity contribution in [2.75, 3.05) is 7.11 Å². The van der Waals surface area contributed by atoms with E-state index in [4.69, 9.17) is 16.3 Å². The van der Waals surface area contributed by atoms with E-state index in [1.54, 1.807) is 62.6 Å². The molecule has 0 aromatic heterocycles. The van der Waals surface area contributed by atoms with E-state index in [-0.39, 0.29) is 11.7 Å². The van der Waals surface area contributed by atoms with E-state index in [0.29, 0.717) is 27.6 Å². The molecule has 0 aliphatic carbocycles. The zero-order valence-corrected chi connectivity index (χ0v) is 14.1. The van der Waals surface area contributed by atoms with Crippen molar-refractivity contribution in [1.29, 1.82) is 0 Å². The molecule has 0 aliphatic rings. The second-order valence-electron chi connectivity index (χ2n) is 5.01. The fourth-order valence-corrected chi connectivity index (χ4v) is 2.12. The SMILES string of the molecule is COc1ccc(C(=O)C=C(C)NNC(=O)c2cccc(Cl)c2)cc1. The molecule has 0 unspecified atom stereocenters. The molecule has 0 saturated heterocycles. The third-order valence-corrected chi connectivity index (χ3v) is 3.42. The molecule has 24 heavy (non-hydrogen) atoms. The number of carbonyl (C=O) groups is 2. The van der Waals surface area contributed by atoms with Gasteiger partial charge in [-0.15, -0.1) is 0 Å². The van der Waals surface area contributed by atoms with Gasteiger partial charge in [-0.3, -0.25) is 15.0 Å². The molecule has 2 aromatic rings. The van der Waals surface area contributed by atoms with Crippen molar-refractivity contribution in [2.45, 2.75) is 6.92 Å². The molecule has 5 nitrogen and oxygen atoms in total. The average Bonchev–Trinajstić information content (AvgIpc) is 2.59. The maximum Gasteiger partial charge on any atom is 0.269 e. The summed E-state index contributed by atoms with van der Waals surface area (Å²) in [5.74, 6) is 0.154. The van der Waals surface area contributed by atoms with Gasteiger partial charge in [-0.05, 0) is 49.4 Å². The van der Waals surface area contributed by atoms with Gasteiger partial charge in [-0.25, -0.2) is 0 Å². The summed E-state index contributed by atoms with van der Waals surface area (Å²) in [5.41, 5.74) is 6.66. The largest absolute Gasteiger partial charge is 0.497 e. The van der Waals surface area contributed by atoms with E-state index in [1.807, 2.05) is 0 Å². The Morgan fingerprint density at radius 2 is 1.75 bits per heavy atom. The predicted octanol–water partition coefficient (Wildman–Crippen LogP) is 3.37. The molecular weight excluding hydrogens is 328 g/mol. The van der Waals surface area contributed by atoms with Crippen LogP contribution in [0, 0.1) is 0 Å². The minimum absolute atomic E-state index is 0.181. The number of carbonyl (C=O) groups excluding carboxylic acids is 2.